The summed E-state index contributed by atoms with van der Waals surface area (Å²) in [6.45, 7) is 7.00. The maximum atomic E-state index is 12.9. The van der Waals surface area contributed by atoms with Gasteiger partial charge in [-0.3, -0.25) is 4.79 Å². The monoisotopic (exact) mass is 291 g/mol. The molecule has 1 unspecified atom stereocenters. The van der Waals surface area contributed by atoms with Crippen molar-refractivity contribution < 1.29 is 4.79 Å². The summed E-state index contributed by atoms with van der Waals surface area (Å²) in [5, 5.41) is 0. The van der Waals surface area contributed by atoms with Crippen LogP contribution in [0.15, 0.2) is 30.3 Å². The number of hydrogen-bond acceptors (Lipinski definition) is 3. The summed E-state index contributed by atoms with van der Waals surface area (Å²) < 4.78 is 0. The van der Waals surface area contributed by atoms with Gasteiger partial charge in [0.05, 0.1) is 5.92 Å². The van der Waals surface area contributed by atoms with Gasteiger partial charge in [-0.25, -0.2) is 0 Å². The topological polar surface area (TPSA) is 49.6 Å². The summed E-state index contributed by atoms with van der Waals surface area (Å²) in [6, 6.07) is 9.83. The second kappa shape index (κ2) is 8.80. The Bertz CT molecular complexity index is 417. The van der Waals surface area contributed by atoms with Crippen molar-refractivity contribution in [3.63, 3.8) is 0 Å². The fourth-order valence-corrected chi connectivity index (χ4v) is 2.34. The van der Waals surface area contributed by atoms with Gasteiger partial charge in [0.25, 0.3) is 0 Å². The van der Waals surface area contributed by atoms with Gasteiger partial charge in [0.2, 0.25) is 5.91 Å². The molecule has 0 saturated heterocycles. The van der Waals surface area contributed by atoms with Crippen LogP contribution in [-0.4, -0.2) is 56.0 Å². The Labute approximate surface area is 128 Å². The second-order valence-corrected chi connectivity index (χ2v) is 6.18. The number of carbonyl (C=O) groups is 1. The van der Waals surface area contributed by atoms with Crippen LogP contribution in [0.25, 0.3) is 0 Å². The molecule has 0 aliphatic heterocycles. The van der Waals surface area contributed by atoms with Gasteiger partial charge in [0, 0.05) is 26.2 Å². The van der Waals surface area contributed by atoms with Crippen LogP contribution in [-0.2, 0) is 4.79 Å². The van der Waals surface area contributed by atoms with Crippen LogP contribution < -0.4 is 5.73 Å². The highest BCUT2D eigenvalue weighted by atomic mass is 16.2. The third-order valence-electron chi connectivity index (χ3n) is 3.45. The lowest BCUT2D eigenvalue weighted by molar-refractivity contribution is -0.133. The molecule has 2 N–H and O–H groups in total. The Kier molecular flexibility index (Phi) is 7.40. The highest BCUT2D eigenvalue weighted by molar-refractivity contribution is 5.84. The lowest BCUT2D eigenvalue weighted by Gasteiger charge is -2.29. The van der Waals surface area contributed by atoms with Crippen molar-refractivity contribution >= 4 is 5.91 Å². The molecule has 0 saturated carbocycles. The molecule has 21 heavy (non-hydrogen) atoms. The Hall–Kier alpha value is -1.39. The second-order valence-electron chi connectivity index (χ2n) is 6.18. The first-order chi connectivity index (χ1) is 9.95. The number of carbonyl (C=O) groups excluding carboxylic acids is 1. The van der Waals surface area contributed by atoms with Gasteiger partial charge in [0.1, 0.15) is 0 Å². The molecule has 1 aromatic carbocycles. The molecule has 0 fully saturated rings. The minimum atomic E-state index is -0.243. The Morgan fingerprint density at radius 1 is 1.14 bits per heavy atom. The van der Waals surface area contributed by atoms with Gasteiger partial charge >= 0.3 is 0 Å². The first-order valence-corrected chi connectivity index (χ1v) is 7.64. The molecule has 0 aliphatic carbocycles. The molecule has 0 aromatic heterocycles. The van der Waals surface area contributed by atoms with Crippen molar-refractivity contribution in [1.82, 2.24) is 9.80 Å². The molecular weight excluding hydrogens is 262 g/mol. The van der Waals surface area contributed by atoms with Crippen LogP contribution in [0.1, 0.15) is 25.3 Å². The molecule has 0 bridgehead atoms. The van der Waals surface area contributed by atoms with Gasteiger partial charge in [-0.2, -0.15) is 0 Å². The molecule has 1 amide bonds. The Morgan fingerprint density at radius 3 is 2.24 bits per heavy atom. The molecule has 4 heteroatoms. The van der Waals surface area contributed by atoms with Crippen molar-refractivity contribution in [3.05, 3.63) is 35.9 Å². The van der Waals surface area contributed by atoms with E-state index < -0.39 is 0 Å². The summed E-state index contributed by atoms with van der Waals surface area (Å²) in [5.41, 5.74) is 6.88. The van der Waals surface area contributed by atoms with Gasteiger partial charge in [-0.1, -0.05) is 44.2 Å². The predicted molar refractivity (Wildman–Crippen MR) is 88.2 cm³/mol. The molecule has 0 heterocycles. The van der Waals surface area contributed by atoms with Crippen molar-refractivity contribution in [3.8, 4) is 0 Å². The number of amides is 1. The molecule has 0 radical (unpaired) electrons. The zero-order valence-electron chi connectivity index (χ0n) is 13.7. The van der Waals surface area contributed by atoms with Crippen LogP contribution in [0.4, 0.5) is 0 Å². The Balaban J connectivity index is 2.85. The summed E-state index contributed by atoms with van der Waals surface area (Å²) in [7, 11) is 4.05. The maximum Gasteiger partial charge on any atom is 0.231 e. The maximum absolute atomic E-state index is 12.9. The number of rotatable bonds is 8. The zero-order valence-corrected chi connectivity index (χ0v) is 13.7. The molecule has 0 spiro atoms. The van der Waals surface area contributed by atoms with Gasteiger partial charge in [-0.05, 0) is 25.6 Å². The van der Waals surface area contributed by atoms with Crippen LogP contribution in [0.3, 0.4) is 0 Å². The summed E-state index contributed by atoms with van der Waals surface area (Å²) in [5.74, 6) is 0.344. The highest BCUT2D eigenvalue weighted by Crippen LogP contribution is 2.18. The van der Waals surface area contributed by atoms with E-state index in [9.17, 15) is 4.79 Å². The first kappa shape index (κ1) is 17.7. The van der Waals surface area contributed by atoms with E-state index in [0.717, 1.165) is 25.2 Å². The van der Waals surface area contributed by atoms with Crippen LogP contribution in [0, 0.1) is 5.92 Å². The van der Waals surface area contributed by atoms with E-state index in [-0.39, 0.29) is 11.8 Å². The largest absolute Gasteiger partial charge is 0.341 e. The third kappa shape index (κ3) is 5.86. The zero-order chi connectivity index (χ0) is 15.8. The van der Waals surface area contributed by atoms with Crippen molar-refractivity contribution in [2.24, 2.45) is 11.7 Å². The molecule has 0 aliphatic rings. The summed E-state index contributed by atoms with van der Waals surface area (Å²) in [4.78, 5) is 16.9. The van der Waals surface area contributed by atoms with Crippen LogP contribution in [0.5, 0.6) is 0 Å². The van der Waals surface area contributed by atoms with E-state index in [0.29, 0.717) is 12.5 Å². The number of hydrogen-bond donors (Lipinski definition) is 1. The number of nitrogens with two attached hydrogens (primary N) is 1. The summed E-state index contributed by atoms with van der Waals surface area (Å²) >= 11 is 0. The van der Waals surface area contributed by atoms with E-state index in [1.807, 2.05) is 49.3 Å². The predicted octanol–water partition coefficient (Wildman–Crippen LogP) is 1.78. The average molecular weight is 291 g/mol. The van der Waals surface area contributed by atoms with E-state index >= 15 is 0 Å². The molecule has 1 rings (SSSR count). The van der Waals surface area contributed by atoms with Crippen LogP contribution >= 0.6 is 0 Å². The molecule has 1 atom stereocenters. The first-order valence-electron chi connectivity index (χ1n) is 7.64. The minimum absolute atomic E-state index is 0.138. The molecule has 1 aromatic rings. The lowest BCUT2D eigenvalue weighted by Crippen LogP contribution is -2.43. The number of benzene rings is 1. The van der Waals surface area contributed by atoms with Gasteiger partial charge in [0.15, 0.2) is 0 Å². The third-order valence-corrected chi connectivity index (χ3v) is 3.45. The van der Waals surface area contributed by atoms with Crippen LogP contribution in [0.2, 0.25) is 0 Å². The Morgan fingerprint density at radius 2 is 1.76 bits per heavy atom. The SMILES string of the molecule is CC(C)CN(CCN(C)C)C(=O)C(CN)c1ccccc1. The average Bonchev–Trinajstić information content (AvgIpc) is 2.44. The lowest BCUT2D eigenvalue weighted by atomic mass is 9.97. The smallest absolute Gasteiger partial charge is 0.231 e. The van der Waals surface area contributed by atoms with Gasteiger partial charge in [-0.15, -0.1) is 0 Å². The summed E-state index contributed by atoms with van der Waals surface area (Å²) in [6.07, 6.45) is 0. The number of likely N-dealkylation sites (N-methyl/N-ethyl adjacent to an activating group) is 1. The van der Waals surface area contributed by atoms with E-state index in [4.69, 9.17) is 5.73 Å². The quantitative estimate of drug-likeness (QED) is 0.794. The van der Waals surface area contributed by atoms with Crippen molar-refractivity contribution in [1.29, 1.82) is 0 Å². The van der Waals surface area contributed by atoms with E-state index in [1.54, 1.807) is 0 Å². The normalized spacial score (nSPS) is 12.7. The minimum Gasteiger partial charge on any atom is -0.341 e. The molecular formula is C17H29N3O. The van der Waals surface area contributed by atoms with Crippen molar-refractivity contribution in [2.75, 3.05) is 40.3 Å². The standard InChI is InChI=1S/C17H29N3O/c1-14(2)13-20(11-10-19(3)4)17(21)16(12-18)15-8-6-5-7-9-15/h5-9,14,16H,10-13,18H2,1-4H3. The fourth-order valence-electron chi connectivity index (χ4n) is 2.34. The van der Waals surface area contributed by atoms with E-state index in [1.165, 1.54) is 0 Å². The van der Waals surface area contributed by atoms with Gasteiger partial charge < -0.3 is 15.5 Å². The number of nitrogens with zero attached hydrogens (tertiary/aromatic N) is 2. The molecule has 4 nitrogen and oxygen atoms in total. The van der Waals surface area contributed by atoms with E-state index in [2.05, 4.69) is 18.7 Å². The van der Waals surface area contributed by atoms with Crippen molar-refractivity contribution in [2.45, 2.75) is 19.8 Å². The fraction of sp³-hybridized carbons (Fsp3) is 0.588. The molecule has 118 valence electrons. The highest BCUT2D eigenvalue weighted by Gasteiger charge is 2.25.